The van der Waals surface area contributed by atoms with Crippen LogP contribution in [0.5, 0.6) is 0 Å². The molecule has 1 aliphatic rings. The summed E-state index contributed by atoms with van der Waals surface area (Å²) in [6.45, 7) is 2.53. The van der Waals surface area contributed by atoms with E-state index in [0.717, 1.165) is 24.0 Å². The van der Waals surface area contributed by atoms with Crippen LogP contribution in [0.25, 0.3) is 11.3 Å². The van der Waals surface area contributed by atoms with Gasteiger partial charge in [0.2, 0.25) is 5.91 Å². The molecule has 2 heterocycles. The van der Waals surface area contributed by atoms with Crippen LogP contribution in [-0.2, 0) is 11.3 Å². The fraction of sp³-hybridized carbons (Fsp3) is 0.250. The zero-order valence-electron chi connectivity index (χ0n) is 17.5. The van der Waals surface area contributed by atoms with Crippen molar-refractivity contribution in [3.63, 3.8) is 0 Å². The predicted octanol–water partition coefficient (Wildman–Crippen LogP) is 5.14. The Morgan fingerprint density at radius 2 is 1.94 bits per heavy atom. The van der Waals surface area contributed by atoms with E-state index in [9.17, 15) is 9.59 Å². The molecule has 164 valence electrons. The standard InChI is InChI=1S/C24H22Cl2N4O2/c1-15(31)30(14-16-4-5-16)22-9-7-17(11-20(22)25)21-8-6-19(13-28-21)24(32)29-12-18-3-2-10-27-23(18)26/h2-3,6-11,13,16H,4-5,12,14H2,1H3,(H,29,32). The van der Waals surface area contributed by atoms with Gasteiger partial charge in [-0.15, -0.1) is 0 Å². The molecule has 32 heavy (non-hydrogen) atoms. The highest BCUT2D eigenvalue weighted by atomic mass is 35.5. The number of halogens is 2. The zero-order chi connectivity index (χ0) is 22.7. The van der Waals surface area contributed by atoms with Crippen molar-refractivity contribution in [3.8, 4) is 11.3 Å². The van der Waals surface area contributed by atoms with Crippen molar-refractivity contribution in [2.45, 2.75) is 26.3 Å². The Morgan fingerprint density at radius 1 is 1.12 bits per heavy atom. The molecule has 0 aliphatic heterocycles. The molecule has 8 heteroatoms. The minimum absolute atomic E-state index is 0.0207. The van der Waals surface area contributed by atoms with Gasteiger partial charge in [-0.3, -0.25) is 14.6 Å². The molecule has 1 saturated carbocycles. The van der Waals surface area contributed by atoms with E-state index in [2.05, 4.69) is 15.3 Å². The van der Waals surface area contributed by atoms with E-state index in [-0.39, 0.29) is 18.4 Å². The third-order valence-electron chi connectivity index (χ3n) is 5.35. The highest BCUT2D eigenvalue weighted by Crippen LogP contribution is 2.35. The number of hydrogen-bond acceptors (Lipinski definition) is 4. The van der Waals surface area contributed by atoms with Gasteiger partial charge in [-0.05, 0) is 49.1 Å². The summed E-state index contributed by atoms with van der Waals surface area (Å²) in [7, 11) is 0. The highest BCUT2D eigenvalue weighted by Gasteiger charge is 2.27. The van der Waals surface area contributed by atoms with Gasteiger partial charge in [-0.25, -0.2) is 4.98 Å². The molecular formula is C24H22Cl2N4O2. The Balaban J connectivity index is 1.45. The minimum Gasteiger partial charge on any atom is -0.348 e. The number of anilines is 1. The molecule has 1 N–H and O–H groups in total. The first-order valence-electron chi connectivity index (χ1n) is 10.3. The molecule has 4 rings (SSSR count). The number of benzene rings is 1. The average molecular weight is 469 g/mol. The van der Waals surface area contributed by atoms with Crippen LogP contribution in [0.1, 0.15) is 35.7 Å². The summed E-state index contributed by atoms with van der Waals surface area (Å²) in [5.41, 5.74) is 3.37. The summed E-state index contributed by atoms with van der Waals surface area (Å²) >= 11 is 12.5. The summed E-state index contributed by atoms with van der Waals surface area (Å²) in [5, 5.41) is 3.67. The van der Waals surface area contributed by atoms with Crippen LogP contribution in [-0.4, -0.2) is 28.3 Å². The molecule has 6 nitrogen and oxygen atoms in total. The maximum atomic E-state index is 12.4. The van der Waals surface area contributed by atoms with Crippen molar-refractivity contribution in [1.29, 1.82) is 0 Å². The van der Waals surface area contributed by atoms with Crippen LogP contribution in [0, 0.1) is 5.92 Å². The number of carbonyl (C=O) groups excluding carboxylic acids is 2. The molecule has 2 amide bonds. The number of aromatic nitrogens is 2. The first-order chi connectivity index (χ1) is 15.4. The molecule has 0 bridgehead atoms. The van der Waals surface area contributed by atoms with Crippen molar-refractivity contribution < 1.29 is 9.59 Å². The fourth-order valence-electron chi connectivity index (χ4n) is 3.37. The summed E-state index contributed by atoms with van der Waals surface area (Å²) in [5.74, 6) is 0.284. The maximum absolute atomic E-state index is 12.4. The summed E-state index contributed by atoms with van der Waals surface area (Å²) in [6, 6.07) is 12.6. The average Bonchev–Trinajstić information content (AvgIpc) is 3.61. The molecule has 1 fully saturated rings. The number of carbonyl (C=O) groups is 2. The quantitative estimate of drug-likeness (QED) is 0.486. The number of amides is 2. The molecule has 1 aromatic carbocycles. The molecule has 1 aliphatic carbocycles. The predicted molar refractivity (Wildman–Crippen MR) is 126 cm³/mol. The zero-order valence-corrected chi connectivity index (χ0v) is 19.0. The minimum atomic E-state index is -0.255. The Kier molecular flexibility index (Phi) is 6.72. The Hall–Kier alpha value is -2.96. The number of nitrogens with zero attached hydrogens (tertiary/aromatic N) is 3. The fourth-order valence-corrected chi connectivity index (χ4v) is 3.84. The molecule has 0 radical (unpaired) electrons. The molecule has 0 atom stereocenters. The van der Waals surface area contributed by atoms with Gasteiger partial charge in [0.25, 0.3) is 5.91 Å². The molecule has 0 spiro atoms. The molecule has 0 unspecified atom stereocenters. The van der Waals surface area contributed by atoms with Crippen LogP contribution in [0.3, 0.4) is 0 Å². The monoisotopic (exact) mass is 468 g/mol. The first kappa shape index (κ1) is 22.2. The topological polar surface area (TPSA) is 75.2 Å². The van der Waals surface area contributed by atoms with E-state index in [4.69, 9.17) is 23.2 Å². The van der Waals surface area contributed by atoms with Gasteiger partial charge >= 0.3 is 0 Å². The second-order valence-electron chi connectivity index (χ2n) is 7.81. The lowest BCUT2D eigenvalue weighted by Gasteiger charge is -2.22. The highest BCUT2D eigenvalue weighted by molar-refractivity contribution is 6.34. The van der Waals surface area contributed by atoms with Gasteiger partial charge in [-0.1, -0.05) is 35.3 Å². The van der Waals surface area contributed by atoms with Crippen molar-refractivity contribution in [2.24, 2.45) is 5.92 Å². The second-order valence-corrected chi connectivity index (χ2v) is 8.57. The Morgan fingerprint density at radius 3 is 2.56 bits per heavy atom. The maximum Gasteiger partial charge on any atom is 0.253 e. The van der Waals surface area contributed by atoms with E-state index in [1.54, 1.807) is 42.3 Å². The van der Waals surface area contributed by atoms with Gasteiger partial charge in [0.05, 0.1) is 22.0 Å². The van der Waals surface area contributed by atoms with E-state index in [1.165, 1.54) is 6.20 Å². The van der Waals surface area contributed by atoms with E-state index < -0.39 is 0 Å². The summed E-state index contributed by atoms with van der Waals surface area (Å²) in [4.78, 5) is 34.7. The van der Waals surface area contributed by atoms with Crippen molar-refractivity contribution in [2.75, 3.05) is 11.4 Å². The van der Waals surface area contributed by atoms with E-state index >= 15 is 0 Å². The third-order valence-corrected chi connectivity index (χ3v) is 6.00. The summed E-state index contributed by atoms with van der Waals surface area (Å²) < 4.78 is 0. The van der Waals surface area contributed by atoms with Gasteiger partial charge in [0, 0.05) is 43.5 Å². The SMILES string of the molecule is CC(=O)N(CC1CC1)c1ccc(-c2ccc(C(=O)NCc3cccnc3Cl)cn2)cc1Cl. The molecular weight excluding hydrogens is 447 g/mol. The van der Waals surface area contributed by atoms with Crippen molar-refractivity contribution in [3.05, 3.63) is 76.2 Å². The molecule has 3 aromatic rings. The van der Waals surface area contributed by atoms with Crippen LogP contribution in [0.15, 0.2) is 54.9 Å². The Bertz CT molecular complexity index is 1150. The largest absolute Gasteiger partial charge is 0.348 e. The van der Waals surface area contributed by atoms with Gasteiger partial charge in [0.15, 0.2) is 0 Å². The van der Waals surface area contributed by atoms with Crippen molar-refractivity contribution in [1.82, 2.24) is 15.3 Å². The Labute approximate surface area is 196 Å². The normalized spacial score (nSPS) is 13.0. The van der Waals surface area contributed by atoms with Crippen molar-refractivity contribution >= 4 is 40.7 Å². The summed E-state index contributed by atoms with van der Waals surface area (Å²) in [6.07, 6.45) is 5.42. The lowest BCUT2D eigenvalue weighted by atomic mass is 10.1. The number of rotatable bonds is 7. The lowest BCUT2D eigenvalue weighted by molar-refractivity contribution is -0.116. The van der Waals surface area contributed by atoms with E-state index in [1.807, 2.05) is 18.2 Å². The molecule has 0 saturated heterocycles. The van der Waals surface area contributed by atoms with Crippen LogP contribution in [0.4, 0.5) is 5.69 Å². The smallest absolute Gasteiger partial charge is 0.253 e. The second kappa shape index (κ2) is 9.67. The lowest BCUT2D eigenvalue weighted by Crippen LogP contribution is -2.30. The third kappa shape index (κ3) is 5.26. The van der Waals surface area contributed by atoms with Crippen LogP contribution in [0.2, 0.25) is 10.2 Å². The first-order valence-corrected chi connectivity index (χ1v) is 11.1. The van der Waals surface area contributed by atoms with Crippen LogP contribution >= 0.6 is 23.2 Å². The van der Waals surface area contributed by atoms with Crippen LogP contribution < -0.4 is 10.2 Å². The molecule has 2 aromatic heterocycles. The van der Waals surface area contributed by atoms with E-state index in [0.29, 0.717) is 39.6 Å². The van der Waals surface area contributed by atoms with Gasteiger partial charge in [0.1, 0.15) is 5.15 Å². The van der Waals surface area contributed by atoms with Gasteiger partial charge in [-0.2, -0.15) is 0 Å². The number of nitrogens with one attached hydrogen (secondary N) is 1. The number of hydrogen-bond donors (Lipinski definition) is 1. The van der Waals surface area contributed by atoms with Gasteiger partial charge < -0.3 is 10.2 Å². The number of pyridine rings is 2.